The van der Waals surface area contributed by atoms with Gasteiger partial charge in [-0.3, -0.25) is 0 Å². The standard InChI is InChI=1S/2C8H9ClN3.4ClH.Zn/c2*1-12(2)8-4-3-6(11-10)5-7(8)9;;;;;/h2*3-5H,1-2H3;4*1H;/q2*+1;;;;;+2/p-4. The Morgan fingerprint density at radius 2 is 0.966 bits per heavy atom. The predicted molar refractivity (Wildman–Crippen MR) is 124 cm³/mol. The van der Waals surface area contributed by atoms with E-state index in [1.54, 1.807) is 36.4 Å². The zero-order valence-electron chi connectivity index (χ0n) is 16.1. The molecule has 2 aromatic rings. The second-order valence-electron chi connectivity index (χ2n) is 5.87. The summed E-state index contributed by atoms with van der Waals surface area (Å²) in [5.74, 6) is 0. The molecule has 0 atom stereocenters. The summed E-state index contributed by atoms with van der Waals surface area (Å²) >= 11 is 11.8. The minimum absolute atomic E-state index is 0.464. The number of hydrogen-bond acceptors (Lipinski definition) is 4. The Morgan fingerprint density at radius 1 is 0.690 bits per heavy atom. The van der Waals surface area contributed by atoms with Crippen molar-refractivity contribution in [2.24, 2.45) is 0 Å². The molecular formula is C16H18Cl6N6Zn. The molecule has 156 valence electrons. The summed E-state index contributed by atoms with van der Waals surface area (Å²) in [5, 5.41) is 18.0. The van der Waals surface area contributed by atoms with Crippen molar-refractivity contribution in [3.63, 3.8) is 0 Å². The Kier molecular flexibility index (Phi) is 13.2. The first kappa shape index (κ1) is 28.2. The molecule has 2 rings (SSSR count). The van der Waals surface area contributed by atoms with Crippen molar-refractivity contribution < 1.29 is 10.8 Å². The molecule has 0 radical (unpaired) electrons. The number of benzene rings is 2. The molecule has 0 saturated heterocycles. The van der Waals surface area contributed by atoms with Gasteiger partial charge in [0.1, 0.15) is 0 Å². The van der Waals surface area contributed by atoms with Crippen molar-refractivity contribution >= 4 is 84.7 Å². The zero-order valence-corrected chi connectivity index (χ0v) is 23.6. The summed E-state index contributed by atoms with van der Waals surface area (Å²) < 4.78 is 0. The van der Waals surface area contributed by atoms with Crippen LogP contribution in [-0.4, -0.2) is 28.2 Å². The van der Waals surface area contributed by atoms with E-state index in [2.05, 4.69) is 9.95 Å². The Bertz CT molecular complexity index is 815. The van der Waals surface area contributed by atoms with Crippen LogP contribution in [0.15, 0.2) is 36.4 Å². The predicted octanol–water partition coefficient (Wildman–Crippen LogP) is 8.54. The van der Waals surface area contributed by atoms with E-state index >= 15 is 0 Å². The first-order valence-corrected chi connectivity index (χ1v) is 24.4. The van der Waals surface area contributed by atoms with Crippen molar-refractivity contribution in [1.29, 1.82) is 10.8 Å². The molecule has 0 aliphatic heterocycles. The summed E-state index contributed by atoms with van der Waals surface area (Å²) in [6, 6.07) is 10.2. The summed E-state index contributed by atoms with van der Waals surface area (Å²) in [6.45, 7) is 0. The SMILES string of the molecule is CN(C)c1ccc([N+]#N)cc1Cl.CN(C)c1ccc([N+]#N)cc1Cl.[Cl][Zn-2]([Cl])([Cl])[Cl]. The maximum atomic E-state index is 8.44. The van der Waals surface area contributed by atoms with Crippen LogP contribution in [0.25, 0.3) is 9.95 Å². The monoisotopic (exact) mass is 568 g/mol. The van der Waals surface area contributed by atoms with Crippen LogP contribution in [0, 0.1) is 10.8 Å². The van der Waals surface area contributed by atoms with Crippen molar-refractivity contribution in [3.05, 3.63) is 56.4 Å². The van der Waals surface area contributed by atoms with E-state index in [1.807, 2.05) is 38.0 Å². The number of diazo groups is 2. The van der Waals surface area contributed by atoms with Crippen LogP contribution in [-0.2, 0) is 10.8 Å². The van der Waals surface area contributed by atoms with Crippen molar-refractivity contribution in [2.75, 3.05) is 38.0 Å². The van der Waals surface area contributed by atoms with Crippen molar-refractivity contribution in [2.45, 2.75) is 0 Å². The number of rotatable bonds is 2. The average molecular weight is 572 g/mol. The fourth-order valence-corrected chi connectivity index (χ4v) is 2.53. The maximum absolute atomic E-state index is 8.44. The van der Waals surface area contributed by atoms with E-state index in [0.29, 0.717) is 21.4 Å². The molecule has 29 heavy (non-hydrogen) atoms. The number of anilines is 2. The Morgan fingerprint density at radius 3 is 1.14 bits per heavy atom. The van der Waals surface area contributed by atoms with E-state index in [-0.39, 0.29) is 0 Å². The van der Waals surface area contributed by atoms with Gasteiger partial charge < -0.3 is 9.80 Å². The molecule has 0 aliphatic rings. The third-order valence-electron chi connectivity index (χ3n) is 3.06. The number of hydrogen-bond donors (Lipinski definition) is 0. The van der Waals surface area contributed by atoms with Gasteiger partial charge >= 0.3 is 61.0 Å². The van der Waals surface area contributed by atoms with E-state index in [9.17, 15) is 0 Å². The van der Waals surface area contributed by atoms with Gasteiger partial charge in [-0.05, 0) is 12.1 Å². The Hall–Kier alpha value is -0.757. The molecule has 0 N–H and O–H groups in total. The van der Waals surface area contributed by atoms with Crippen LogP contribution in [0.4, 0.5) is 22.7 Å². The molecular weight excluding hydrogens is 554 g/mol. The topological polar surface area (TPSA) is 62.8 Å². The fourth-order valence-electron chi connectivity index (χ4n) is 1.84. The third-order valence-corrected chi connectivity index (χ3v) is 3.66. The van der Waals surface area contributed by atoms with Crippen LogP contribution in [0.2, 0.25) is 10.0 Å². The van der Waals surface area contributed by atoms with E-state index in [4.69, 9.17) is 72.8 Å². The molecule has 0 fully saturated rings. The molecule has 0 unspecified atom stereocenters. The van der Waals surface area contributed by atoms with Gasteiger partial charge in [-0.15, -0.1) is 0 Å². The summed E-state index contributed by atoms with van der Waals surface area (Å²) in [7, 11) is 24.4. The van der Waals surface area contributed by atoms with Crippen LogP contribution < -0.4 is 9.80 Å². The molecule has 2 aromatic carbocycles. The van der Waals surface area contributed by atoms with E-state index < -0.39 is 10.8 Å². The second kappa shape index (κ2) is 13.5. The van der Waals surface area contributed by atoms with Gasteiger partial charge in [0.15, 0.2) is 9.95 Å². The molecule has 0 spiro atoms. The van der Waals surface area contributed by atoms with Crippen LogP contribution in [0.5, 0.6) is 0 Å². The van der Waals surface area contributed by atoms with Gasteiger partial charge in [-0.1, -0.05) is 23.2 Å². The fraction of sp³-hybridized carbons (Fsp3) is 0.250. The van der Waals surface area contributed by atoms with Gasteiger partial charge in [0.05, 0.1) is 33.6 Å². The first-order valence-electron chi connectivity index (χ1n) is 8.01. The third kappa shape index (κ3) is 12.5. The van der Waals surface area contributed by atoms with Gasteiger partial charge in [0.25, 0.3) is 0 Å². The molecule has 0 heterocycles. The quantitative estimate of drug-likeness (QED) is 0.267. The molecule has 0 amide bonds. The van der Waals surface area contributed by atoms with Gasteiger partial charge in [0, 0.05) is 40.3 Å². The summed E-state index contributed by atoms with van der Waals surface area (Å²) in [4.78, 5) is 9.84. The van der Waals surface area contributed by atoms with E-state index in [1.165, 1.54) is 0 Å². The van der Waals surface area contributed by atoms with Crippen molar-refractivity contribution in [1.82, 2.24) is 0 Å². The molecule has 0 aliphatic carbocycles. The van der Waals surface area contributed by atoms with Gasteiger partial charge in [-0.2, -0.15) is 0 Å². The van der Waals surface area contributed by atoms with Gasteiger partial charge in [-0.25, -0.2) is 0 Å². The molecule has 6 nitrogen and oxygen atoms in total. The van der Waals surface area contributed by atoms with Crippen LogP contribution in [0.3, 0.4) is 0 Å². The summed E-state index contributed by atoms with van der Waals surface area (Å²) in [5.41, 5.74) is 2.74. The minimum atomic E-state index is -3.36. The summed E-state index contributed by atoms with van der Waals surface area (Å²) in [6.07, 6.45) is 0. The molecule has 13 heteroatoms. The van der Waals surface area contributed by atoms with Gasteiger partial charge in [0.2, 0.25) is 10.8 Å². The average Bonchev–Trinajstić information content (AvgIpc) is 2.59. The van der Waals surface area contributed by atoms with Crippen LogP contribution >= 0.6 is 62.0 Å². The number of nitrogens with zero attached hydrogens (tertiary/aromatic N) is 6. The van der Waals surface area contributed by atoms with Crippen LogP contribution in [0.1, 0.15) is 0 Å². The van der Waals surface area contributed by atoms with E-state index in [0.717, 1.165) is 11.4 Å². The van der Waals surface area contributed by atoms with Crippen molar-refractivity contribution in [3.8, 4) is 0 Å². The number of halogens is 6. The second-order valence-corrected chi connectivity index (χ2v) is 34.4. The normalized spacial score (nSPS) is 9.66. The molecule has 0 aromatic heterocycles. The Labute approximate surface area is 199 Å². The first-order chi connectivity index (χ1) is 13.3. The molecule has 0 saturated carbocycles. The zero-order chi connectivity index (χ0) is 22.8. The molecule has 0 bridgehead atoms. The Balaban J connectivity index is 0.000000442.